The number of carboxylic acids is 1. The molecule has 0 aliphatic heterocycles. The third-order valence-corrected chi connectivity index (χ3v) is 2.57. The van der Waals surface area contributed by atoms with Crippen molar-refractivity contribution in [3.63, 3.8) is 0 Å². The molecule has 0 atom stereocenters. The Balaban J connectivity index is 2.53. The van der Waals surface area contributed by atoms with Gasteiger partial charge in [0, 0.05) is 6.54 Å². The molecule has 0 spiro atoms. The smallest absolute Gasteiger partial charge is 0.407 e. The lowest BCUT2D eigenvalue weighted by Crippen LogP contribution is -2.32. The van der Waals surface area contributed by atoms with Crippen molar-refractivity contribution in [3.05, 3.63) is 41.0 Å². The zero-order chi connectivity index (χ0) is 17.6. The molecule has 0 unspecified atom stereocenters. The molecule has 23 heavy (non-hydrogen) atoms. The van der Waals surface area contributed by atoms with Crippen LogP contribution in [0.25, 0.3) is 6.08 Å². The maximum Gasteiger partial charge on any atom is 0.407 e. The number of carboxylic acid groups (broad SMARTS) is 1. The van der Waals surface area contributed by atoms with Crippen molar-refractivity contribution in [2.75, 3.05) is 6.54 Å². The highest BCUT2D eigenvalue weighted by atomic mass is 19.1. The summed E-state index contributed by atoms with van der Waals surface area (Å²) >= 11 is 0. The summed E-state index contributed by atoms with van der Waals surface area (Å²) in [6.07, 6.45) is 2.91. The highest BCUT2D eigenvalue weighted by Crippen LogP contribution is 2.16. The monoisotopic (exact) mass is 327 g/mol. The first-order chi connectivity index (χ1) is 10.6. The molecule has 0 radical (unpaired) electrons. The predicted octanol–water partition coefficient (Wildman–Crippen LogP) is 3.59. The number of ether oxygens (including phenoxy) is 1. The molecule has 0 saturated carbocycles. The lowest BCUT2D eigenvalue weighted by Gasteiger charge is -2.19. The van der Waals surface area contributed by atoms with Crippen LogP contribution >= 0.6 is 0 Å². The minimum atomic E-state index is -1.66. The number of hydrogen-bond acceptors (Lipinski definition) is 3. The van der Waals surface area contributed by atoms with E-state index in [0.29, 0.717) is 13.0 Å². The summed E-state index contributed by atoms with van der Waals surface area (Å²) in [5.41, 5.74) is -1.36. The van der Waals surface area contributed by atoms with Crippen molar-refractivity contribution in [2.45, 2.75) is 32.8 Å². The van der Waals surface area contributed by atoms with Gasteiger partial charge in [-0.1, -0.05) is 12.2 Å². The molecular formula is C16H19F2NO4. The van der Waals surface area contributed by atoms with Crippen LogP contribution in [0.5, 0.6) is 0 Å². The van der Waals surface area contributed by atoms with Gasteiger partial charge >= 0.3 is 12.1 Å². The predicted molar refractivity (Wildman–Crippen MR) is 81.2 cm³/mol. The summed E-state index contributed by atoms with van der Waals surface area (Å²) in [4.78, 5) is 22.0. The molecule has 1 amide bonds. The zero-order valence-electron chi connectivity index (χ0n) is 13.2. The zero-order valence-corrected chi connectivity index (χ0v) is 13.2. The molecule has 1 aromatic carbocycles. The fourth-order valence-electron chi connectivity index (χ4n) is 1.68. The number of benzene rings is 1. The Morgan fingerprint density at radius 3 is 2.30 bits per heavy atom. The van der Waals surface area contributed by atoms with Gasteiger partial charge in [-0.05, 0) is 44.9 Å². The van der Waals surface area contributed by atoms with E-state index in [4.69, 9.17) is 9.84 Å². The van der Waals surface area contributed by atoms with Gasteiger partial charge in [0.25, 0.3) is 0 Å². The van der Waals surface area contributed by atoms with Gasteiger partial charge in [0.2, 0.25) is 0 Å². The number of amides is 1. The number of carbonyl (C=O) groups is 2. The molecule has 0 fully saturated rings. The Morgan fingerprint density at radius 1 is 1.26 bits per heavy atom. The second kappa shape index (κ2) is 7.71. The third-order valence-electron chi connectivity index (χ3n) is 2.57. The van der Waals surface area contributed by atoms with Crippen LogP contribution in [0.3, 0.4) is 0 Å². The Hall–Kier alpha value is -2.44. The molecule has 0 aromatic heterocycles. The van der Waals surface area contributed by atoms with E-state index in [2.05, 4.69) is 5.32 Å². The Kier molecular flexibility index (Phi) is 6.24. The normalized spacial score (nSPS) is 11.5. The van der Waals surface area contributed by atoms with Crippen molar-refractivity contribution >= 4 is 18.1 Å². The van der Waals surface area contributed by atoms with Crippen LogP contribution in [0.4, 0.5) is 13.6 Å². The molecular weight excluding hydrogens is 308 g/mol. The number of hydrogen-bond donors (Lipinski definition) is 2. The second-order valence-electron chi connectivity index (χ2n) is 5.78. The molecule has 0 aliphatic rings. The molecule has 0 saturated heterocycles. The van der Waals surface area contributed by atoms with Crippen LogP contribution in [0, 0.1) is 11.6 Å². The van der Waals surface area contributed by atoms with Gasteiger partial charge in [-0.25, -0.2) is 18.4 Å². The Bertz CT molecular complexity index is 598. The van der Waals surface area contributed by atoms with Gasteiger partial charge in [-0.3, -0.25) is 0 Å². The highest BCUT2D eigenvalue weighted by molar-refractivity contribution is 5.88. The number of aromatic carboxylic acids is 1. The van der Waals surface area contributed by atoms with Crippen LogP contribution in [-0.4, -0.2) is 29.3 Å². The van der Waals surface area contributed by atoms with Crippen molar-refractivity contribution in [3.8, 4) is 0 Å². The largest absolute Gasteiger partial charge is 0.477 e. The van der Waals surface area contributed by atoms with E-state index in [-0.39, 0.29) is 5.56 Å². The average molecular weight is 327 g/mol. The van der Waals surface area contributed by atoms with Crippen molar-refractivity contribution in [1.82, 2.24) is 5.32 Å². The van der Waals surface area contributed by atoms with Gasteiger partial charge in [-0.2, -0.15) is 0 Å². The first-order valence-corrected chi connectivity index (χ1v) is 6.96. The van der Waals surface area contributed by atoms with Crippen LogP contribution in [0.2, 0.25) is 0 Å². The standard InChI is InChI=1S/C16H19F2NO4/c1-16(2,3)23-15(22)19-7-5-4-6-10-8-11(17)13(14(20)21)12(18)9-10/h4,6,8-9H,5,7H2,1-3H3,(H,19,22)(H,20,21). The van der Waals surface area contributed by atoms with Crippen molar-refractivity contribution < 1.29 is 28.2 Å². The van der Waals surface area contributed by atoms with Crippen LogP contribution < -0.4 is 5.32 Å². The maximum atomic E-state index is 13.5. The first-order valence-electron chi connectivity index (χ1n) is 6.96. The molecule has 1 rings (SSSR count). The molecule has 0 heterocycles. The van der Waals surface area contributed by atoms with E-state index in [1.807, 2.05) is 0 Å². The molecule has 0 bridgehead atoms. The van der Waals surface area contributed by atoms with E-state index >= 15 is 0 Å². The number of halogens is 2. The summed E-state index contributed by atoms with van der Waals surface area (Å²) in [6, 6.07) is 1.87. The fraction of sp³-hybridized carbons (Fsp3) is 0.375. The highest BCUT2D eigenvalue weighted by Gasteiger charge is 2.17. The Labute approximate surface area is 133 Å². The van der Waals surface area contributed by atoms with Crippen LogP contribution in [-0.2, 0) is 4.74 Å². The van der Waals surface area contributed by atoms with Gasteiger partial charge in [0.05, 0.1) is 0 Å². The molecule has 7 heteroatoms. The number of rotatable bonds is 5. The summed E-state index contributed by atoms with van der Waals surface area (Å²) < 4.78 is 32.0. The lowest BCUT2D eigenvalue weighted by molar-refractivity contribution is 0.0528. The summed E-state index contributed by atoms with van der Waals surface area (Å²) in [5, 5.41) is 11.2. The molecule has 1 aromatic rings. The Morgan fingerprint density at radius 2 is 1.83 bits per heavy atom. The third kappa shape index (κ3) is 6.46. The quantitative estimate of drug-likeness (QED) is 0.810. The summed E-state index contributed by atoms with van der Waals surface area (Å²) in [6.45, 7) is 5.53. The first kappa shape index (κ1) is 18.6. The van der Waals surface area contributed by atoms with Crippen LogP contribution in [0.15, 0.2) is 18.2 Å². The van der Waals surface area contributed by atoms with E-state index in [1.54, 1.807) is 26.8 Å². The topological polar surface area (TPSA) is 75.6 Å². The average Bonchev–Trinajstić information content (AvgIpc) is 2.34. The number of carbonyl (C=O) groups excluding carboxylic acids is 1. The van der Waals surface area contributed by atoms with Gasteiger partial charge in [-0.15, -0.1) is 0 Å². The second-order valence-corrected chi connectivity index (χ2v) is 5.78. The van der Waals surface area contributed by atoms with Gasteiger partial charge in [0.1, 0.15) is 22.8 Å². The fourth-order valence-corrected chi connectivity index (χ4v) is 1.68. The van der Waals surface area contributed by atoms with Gasteiger partial charge in [0.15, 0.2) is 0 Å². The van der Waals surface area contributed by atoms with Gasteiger partial charge < -0.3 is 15.2 Å². The maximum absolute atomic E-state index is 13.5. The minimum Gasteiger partial charge on any atom is -0.477 e. The molecule has 2 N–H and O–H groups in total. The SMILES string of the molecule is CC(C)(C)OC(=O)NCCC=Cc1cc(F)c(C(=O)O)c(F)c1. The lowest BCUT2D eigenvalue weighted by atomic mass is 10.1. The minimum absolute atomic E-state index is 0.197. The molecule has 126 valence electrons. The number of nitrogens with one attached hydrogen (secondary N) is 1. The van der Waals surface area contributed by atoms with E-state index in [9.17, 15) is 18.4 Å². The van der Waals surface area contributed by atoms with E-state index < -0.39 is 34.9 Å². The molecule has 5 nitrogen and oxygen atoms in total. The summed E-state index contributed by atoms with van der Waals surface area (Å²) in [7, 11) is 0. The van der Waals surface area contributed by atoms with Crippen molar-refractivity contribution in [2.24, 2.45) is 0 Å². The van der Waals surface area contributed by atoms with E-state index in [1.165, 1.54) is 6.08 Å². The summed E-state index contributed by atoms with van der Waals surface area (Å²) in [5.74, 6) is -3.93. The van der Waals surface area contributed by atoms with E-state index in [0.717, 1.165) is 12.1 Å². The van der Waals surface area contributed by atoms with Crippen LogP contribution in [0.1, 0.15) is 43.1 Å². The number of alkyl carbamates (subject to hydrolysis) is 1. The van der Waals surface area contributed by atoms with Crippen molar-refractivity contribution in [1.29, 1.82) is 0 Å². The molecule has 0 aliphatic carbocycles.